The predicted molar refractivity (Wildman–Crippen MR) is 53.9 cm³/mol. The molecule has 3 heteroatoms. The molecule has 0 atom stereocenters. The van der Waals surface area contributed by atoms with Gasteiger partial charge in [0.2, 0.25) is 0 Å². The molecule has 3 nitrogen and oxygen atoms in total. The molecule has 1 heterocycles. The maximum Gasteiger partial charge on any atom is 0.0887 e. The van der Waals surface area contributed by atoms with Crippen LogP contribution in [0.15, 0.2) is 0 Å². The van der Waals surface area contributed by atoms with Crippen molar-refractivity contribution in [2.24, 2.45) is 0 Å². The van der Waals surface area contributed by atoms with Gasteiger partial charge < -0.3 is 0 Å². The molecule has 0 fully saturated rings. The van der Waals surface area contributed by atoms with Crippen LogP contribution < -0.4 is 0 Å². The summed E-state index contributed by atoms with van der Waals surface area (Å²) in [6.07, 6.45) is 0. The molecule has 1 aromatic rings. The molecule has 74 valence electrons. The minimum Gasteiger partial charge on any atom is -0.185 e. The smallest absolute Gasteiger partial charge is 0.0887 e. The van der Waals surface area contributed by atoms with Gasteiger partial charge in [-0.1, -0.05) is 27.7 Å². The van der Waals surface area contributed by atoms with Crippen LogP contribution in [-0.4, -0.2) is 15.0 Å². The first kappa shape index (κ1) is 10.2. The van der Waals surface area contributed by atoms with Crippen molar-refractivity contribution in [1.82, 2.24) is 15.0 Å². The van der Waals surface area contributed by atoms with E-state index < -0.39 is 0 Å². The quantitative estimate of drug-likeness (QED) is 0.717. The molecule has 0 N–H and O–H groups in total. The van der Waals surface area contributed by atoms with E-state index in [-0.39, 0.29) is 0 Å². The molecular weight excluding hydrogens is 162 g/mol. The van der Waals surface area contributed by atoms with Crippen LogP contribution in [0.5, 0.6) is 0 Å². The fourth-order valence-electron chi connectivity index (χ4n) is 1.34. The van der Waals surface area contributed by atoms with Crippen LogP contribution in [-0.2, 0) is 6.54 Å². The van der Waals surface area contributed by atoms with E-state index in [0.717, 1.165) is 17.9 Å². The number of hydrogen-bond donors (Lipinski definition) is 0. The third-order valence-corrected chi connectivity index (χ3v) is 2.09. The highest BCUT2D eigenvalue weighted by Crippen LogP contribution is 2.21. The zero-order chi connectivity index (χ0) is 10.0. The maximum absolute atomic E-state index is 4.46. The van der Waals surface area contributed by atoms with Crippen molar-refractivity contribution < 1.29 is 0 Å². The van der Waals surface area contributed by atoms with E-state index in [1.807, 2.05) is 0 Å². The third kappa shape index (κ3) is 2.08. The SMILES string of the molecule is CCn1nc(C(C)C)c(C(C)C)n1. The molecule has 0 saturated heterocycles. The van der Waals surface area contributed by atoms with E-state index in [1.54, 1.807) is 4.80 Å². The first-order chi connectivity index (χ1) is 6.06. The molecule has 1 rings (SSSR count). The van der Waals surface area contributed by atoms with Gasteiger partial charge in [0.05, 0.1) is 17.9 Å². The normalized spacial score (nSPS) is 11.6. The van der Waals surface area contributed by atoms with Crippen LogP contribution in [0.2, 0.25) is 0 Å². The van der Waals surface area contributed by atoms with E-state index in [9.17, 15) is 0 Å². The Morgan fingerprint density at radius 3 is 1.62 bits per heavy atom. The summed E-state index contributed by atoms with van der Waals surface area (Å²) >= 11 is 0. The molecule has 1 aromatic heterocycles. The number of hydrogen-bond acceptors (Lipinski definition) is 2. The molecule has 0 unspecified atom stereocenters. The van der Waals surface area contributed by atoms with Gasteiger partial charge in [-0.2, -0.15) is 15.0 Å². The number of rotatable bonds is 3. The zero-order valence-corrected chi connectivity index (χ0v) is 9.20. The third-order valence-electron chi connectivity index (χ3n) is 2.09. The van der Waals surface area contributed by atoms with Gasteiger partial charge in [-0.05, 0) is 18.8 Å². The van der Waals surface area contributed by atoms with Crippen LogP contribution in [0.3, 0.4) is 0 Å². The first-order valence-electron chi connectivity index (χ1n) is 5.01. The Morgan fingerprint density at radius 2 is 1.38 bits per heavy atom. The van der Waals surface area contributed by atoms with Crippen LogP contribution in [0, 0.1) is 0 Å². The standard InChI is InChI=1S/C10H19N3/c1-6-13-11-9(7(2)3)10(12-13)8(4)5/h7-8H,6H2,1-5H3. The van der Waals surface area contributed by atoms with Gasteiger partial charge in [0, 0.05) is 0 Å². The summed E-state index contributed by atoms with van der Waals surface area (Å²) in [5.74, 6) is 0.940. The van der Waals surface area contributed by atoms with Crippen molar-refractivity contribution in [3.8, 4) is 0 Å². The minimum atomic E-state index is 0.470. The molecule has 0 saturated carbocycles. The summed E-state index contributed by atoms with van der Waals surface area (Å²) in [5.41, 5.74) is 2.30. The molecule has 13 heavy (non-hydrogen) atoms. The lowest BCUT2D eigenvalue weighted by molar-refractivity contribution is 0.554. The molecule has 0 spiro atoms. The second kappa shape index (κ2) is 3.90. The van der Waals surface area contributed by atoms with Gasteiger partial charge in [-0.3, -0.25) is 0 Å². The summed E-state index contributed by atoms with van der Waals surface area (Å²) in [5, 5.41) is 8.91. The molecule has 0 aliphatic heterocycles. The average molecular weight is 181 g/mol. The monoisotopic (exact) mass is 181 g/mol. The highest BCUT2D eigenvalue weighted by molar-refractivity contribution is 5.16. The molecular formula is C10H19N3. The number of aryl methyl sites for hydroxylation is 1. The van der Waals surface area contributed by atoms with Crippen molar-refractivity contribution in [3.63, 3.8) is 0 Å². The molecule has 0 aromatic carbocycles. The Labute approximate surface area is 80.1 Å². The van der Waals surface area contributed by atoms with Gasteiger partial charge in [0.25, 0.3) is 0 Å². The molecule has 0 aliphatic carbocycles. The van der Waals surface area contributed by atoms with Gasteiger partial charge in [-0.15, -0.1) is 0 Å². The lowest BCUT2D eigenvalue weighted by Crippen LogP contribution is -1.99. The topological polar surface area (TPSA) is 30.7 Å². The first-order valence-corrected chi connectivity index (χ1v) is 5.01. The van der Waals surface area contributed by atoms with E-state index in [0.29, 0.717) is 11.8 Å². The van der Waals surface area contributed by atoms with E-state index in [1.165, 1.54) is 0 Å². The van der Waals surface area contributed by atoms with Gasteiger partial charge >= 0.3 is 0 Å². The predicted octanol–water partition coefficient (Wildman–Crippen LogP) is 2.54. The Kier molecular flexibility index (Phi) is 3.07. The van der Waals surface area contributed by atoms with Crippen molar-refractivity contribution in [1.29, 1.82) is 0 Å². The Morgan fingerprint density at radius 1 is 1.00 bits per heavy atom. The number of aromatic nitrogens is 3. The lowest BCUT2D eigenvalue weighted by atomic mass is 10.0. The van der Waals surface area contributed by atoms with Crippen molar-refractivity contribution in [3.05, 3.63) is 11.4 Å². The van der Waals surface area contributed by atoms with Crippen LogP contribution in [0.4, 0.5) is 0 Å². The summed E-state index contributed by atoms with van der Waals surface area (Å²) in [6.45, 7) is 11.6. The fraction of sp³-hybridized carbons (Fsp3) is 0.800. The van der Waals surface area contributed by atoms with Gasteiger partial charge in [0.15, 0.2) is 0 Å². The summed E-state index contributed by atoms with van der Waals surface area (Å²) < 4.78 is 0. The second-order valence-corrected chi connectivity index (χ2v) is 3.97. The summed E-state index contributed by atoms with van der Waals surface area (Å²) in [6, 6.07) is 0. The summed E-state index contributed by atoms with van der Waals surface area (Å²) in [7, 11) is 0. The van der Waals surface area contributed by atoms with Crippen LogP contribution >= 0.6 is 0 Å². The summed E-state index contributed by atoms with van der Waals surface area (Å²) in [4.78, 5) is 1.78. The van der Waals surface area contributed by atoms with E-state index >= 15 is 0 Å². The highest BCUT2D eigenvalue weighted by Gasteiger charge is 2.15. The van der Waals surface area contributed by atoms with Crippen molar-refractivity contribution in [2.75, 3.05) is 0 Å². The van der Waals surface area contributed by atoms with Crippen molar-refractivity contribution in [2.45, 2.75) is 53.0 Å². The van der Waals surface area contributed by atoms with Crippen LogP contribution in [0.25, 0.3) is 0 Å². The molecule has 0 radical (unpaired) electrons. The van der Waals surface area contributed by atoms with Crippen LogP contribution in [0.1, 0.15) is 57.8 Å². The van der Waals surface area contributed by atoms with Gasteiger partial charge in [-0.25, -0.2) is 0 Å². The molecule has 0 aliphatic rings. The minimum absolute atomic E-state index is 0.470. The Balaban J connectivity index is 3.08. The lowest BCUT2D eigenvalue weighted by Gasteiger charge is -2.04. The number of nitrogens with zero attached hydrogens (tertiary/aromatic N) is 3. The maximum atomic E-state index is 4.46. The second-order valence-electron chi connectivity index (χ2n) is 3.97. The molecule has 0 amide bonds. The largest absolute Gasteiger partial charge is 0.185 e. The molecule has 0 bridgehead atoms. The highest BCUT2D eigenvalue weighted by atomic mass is 15.5. The Bertz CT molecular complexity index is 248. The van der Waals surface area contributed by atoms with E-state index in [4.69, 9.17) is 0 Å². The zero-order valence-electron chi connectivity index (χ0n) is 9.20. The van der Waals surface area contributed by atoms with Crippen molar-refractivity contribution >= 4 is 0 Å². The van der Waals surface area contributed by atoms with E-state index in [2.05, 4.69) is 44.8 Å². The average Bonchev–Trinajstić information content (AvgIpc) is 2.47. The Hall–Kier alpha value is -0.860. The fourth-order valence-corrected chi connectivity index (χ4v) is 1.34. The van der Waals surface area contributed by atoms with Gasteiger partial charge in [0.1, 0.15) is 0 Å².